The molecule has 5 heteroatoms. The molecule has 0 spiro atoms. The second-order valence-corrected chi connectivity index (χ2v) is 3.19. The third-order valence-electron chi connectivity index (χ3n) is 1.72. The predicted molar refractivity (Wildman–Crippen MR) is 69.4 cm³/mol. The van der Waals surface area contributed by atoms with E-state index in [1.54, 1.807) is 0 Å². The van der Waals surface area contributed by atoms with Crippen LogP contribution in [0.5, 0.6) is 5.75 Å². The van der Waals surface area contributed by atoms with Crippen LogP contribution in [0.15, 0.2) is 24.3 Å². The van der Waals surface area contributed by atoms with Crippen molar-refractivity contribution in [3.63, 3.8) is 0 Å². The molecule has 0 radical (unpaired) electrons. The number of nitrogen functional groups attached to an aromatic ring is 1. The van der Waals surface area contributed by atoms with Gasteiger partial charge in [0.25, 0.3) is 0 Å². The number of halogens is 2. The first-order valence-corrected chi connectivity index (χ1v) is 4.32. The van der Waals surface area contributed by atoms with Crippen LogP contribution in [0.3, 0.4) is 0 Å². The molecule has 0 saturated heterocycles. The highest BCUT2D eigenvalue weighted by Gasteiger charge is 1.97. The van der Waals surface area contributed by atoms with Crippen LogP contribution in [0.2, 0.25) is 0 Å². The average Bonchev–Trinajstić information content (AvgIpc) is 2.08. The van der Waals surface area contributed by atoms with Gasteiger partial charge < -0.3 is 15.4 Å². The summed E-state index contributed by atoms with van der Waals surface area (Å²) in [7, 11) is 4.02. The zero-order valence-corrected chi connectivity index (χ0v) is 10.6. The van der Waals surface area contributed by atoms with Crippen molar-refractivity contribution in [2.45, 2.75) is 0 Å². The first kappa shape index (κ1) is 16.8. The number of anilines is 1. The van der Waals surface area contributed by atoms with Gasteiger partial charge in [-0.2, -0.15) is 0 Å². The Morgan fingerprint density at radius 1 is 1.20 bits per heavy atom. The van der Waals surface area contributed by atoms with Crippen LogP contribution in [0.4, 0.5) is 5.69 Å². The molecule has 0 atom stereocenters. The van der Waals surface area contributed by atoms with Crippen LogP contribution in [-0.4, -0.2) is 32.1 Å². The van der Waals surface area contributed by atoms with E-state index < -0.39 is 0 Å². The Morgan fingerprint density at radius 3 is 2.33 bits per heavy atom. The largest absolute Gasteiger partial charge is 0.490 e. The molecule has 88 valence electrons. The lowest BCUT2D eigenvalue weighted by Crippen LogP contribution is -2.19. The molecule has 0 aliphatic rings. The summed E-state index contributed by atoms with van der Waals surface area (Å²) in [6.45, 7) is 1.57. The van der Waals surface area contributed by atoms with Crippen molar-refractivity contribution in [3.8, 4) is 5.75 Å². The number of rotatable bonds is 4. The minimum Gasteiger partial charge on any atom is -0.490 e. The highest BCUT2D eigenvalue weighted by Crippen LogP contribution is 2.19. The second kappa shape index (κ2) is 8.65. The van der Waals surface area contributed by atoms with E-state index in [9.17, 15) is 0 Å². The number of likely N-dealkylation sites (N-methyl/N-ethyl adjacent to an activating group) is 1. The molecule has 0 fully saturated rings. The minimum absolute atomic E-state index is 0. The van der Waals surface area contributed by atoms with Gasteiger partial charge >= 0.3 is 0 Å². The Labute approximate surface area is 103 Å². The van der Waals surface area contributed by atoms with Gasteiger partial charge in [0.15, 0.2) is 0 Å². The first-order chi connectivity index (χ1) is 6.20. The Morgan fingerprint density at radius 2 is 1.80 bits per heavy atom. The third kappa shape index (κ3) is 6.44. The van der Waals surface area contributed by atoms with Crippen LogP contribution in [0.1, 0.15) is 0 Å². The molecule has 2 N–H and O–H groups in total. The van der Waals surface area contributed by atoms with E-state index in [1.165, 1.54) is 0 Å². The third-order valence-corrected chi connectivity index (χ3v) is 1.72. The molecule has 0 aliphatic carbocycles. The predicted octanol–water partition coefficient (Wildman–Crippen LogP) is 2.05. The maximum absolute atomic E-state index is 5.70. The fourth-order valence-corrected chi connectivity index (χ4v) is 0.950. The normalized spacial score (nSPS) is 9.00. The van der Waals surface area contributed by atoms with Gasteiger partial charge in [0.1, 0.15) is 12.4 Å². The molecule has 0 aromatic heterocycles. The molecule has 1 aromatic carbocycles. The summed E-state index contributed by atoms with van der Waals surface area (Å²) >= 11 is 0. The van der Waals surface area contributed by atoms with Crippen molar-refractivity contribution < 1.29 is 4.74 Å². The van der Waals surface area contributed by atoms with Crippen molar-refractivity contribution in [1.29, 1.82) is 0 Å². The Hall–Kier alpha value is -0.640. The van der Waals surface area contributed by atoms with Gasteiger partial charge in [-0.1, -0.05) is 12.1 Å². The Bertz CT molecular complexity index is 269. The van der Waals surface area contributed by atoms with Gasteiger partial charge in [-0.25, -0.2) is 0 Å². The van der Waals surface area contributed by atoms with E-state index in [0.717, 1.165) is 12.3 Å². The lowest BCUT2D eigenvalue weighted by Gasteiger charge is -2.11. The summed E-state index contributed by atoms with van der Waals surface area (Å²) in [4.78, 5) is 2.07. The van der Waals surface area contributed by atoms with E-state index in [1.807, 2.05) is 38.4 Å². The summed E-state index contributed by atoms with van der Waals surface area (Å²) in [5.74, 6) is 0.768. The van der Waals surface area contributed by atoms with E-state index in [2.05, 4.69) is 4.90 Å². The summed E-state index contributed by atoms with van der Waals surface area (Å²) in [6, 6.07) is 7.53. The summed E-state index contributed by atoms with van der Waals surface area (Å²) in [6.07, 6.45) is 0. The molecule has 0 saturated carbocycles. The zero-order chi connectivity index (χ0) is 9.68. The highest BCUT2D eigenvalue weighted by atomic mass is 35.5. The van der Waals surface area contributed by atoms with Gasteiger partial charge in [0.2, 0.25) is 0 Å². The number of para-hydroxylation sites is 2. The second-order valence-electron chi connectivity index (χ2n) is 3.19. The number of benzene rings is 1. The average molecular weight is 253 g/mol. The maximum atomic E-state index is 5.70. The summed E-state index contributed by atoms with van der Waals surface area (Å²) < 4.78 is 5.48. The van der Waals surface area contributed by atoms with E-state index in [0.29, 0.717) is 12.3 Å². The van der Waals surface area contributed by atoms with Crippen molar-refractivity contribution in [2.75, 3.05) is 33.0 Å². The SMILES string of the molecule is CN(C)CCOc1ccccc1N.Cl.Cl. The molecular weight excluding hydrogens is 235 g/mol. The van der Waals surface area contributed by atoms with Crippen LogP contribution in [0.25, 0.3) is 0 Å². The van der Waals surface area contributed by atoms with Gasteiger partial charge in [-0.05, 0) is 26.2 Å². The van der Waals surface area contributed by atoms with Crippen molar-refractivity contribution in [3.05, 3.63) is 24.3 Å². The van der Waals surface area contributed by atoms with E-state index >= 15 is 0 Å². The summed E-state index contributed by atoms with van der Waals surface area (Å²) in [5.41, 5.74) is 6.39. The fraction of sp³-hybridized carbons (Fsp3) is 0.400. The number of nitrogens with two attached hydrogens (primary N) is 1. The van der Waals surface area contributed by atoms with Gasteiger partial charge in [-0.15, -0.1) is 24.8 Å². The maximum Gasteiger partial charge on any atom is 0.142 e. The zero-order valence-electron chi connectivity index (χ0n) is 8.97. The number of ether oxygens (including phenoxy) is 1. The molecule has 3 nitrogen and oxygen atoms in total. The van der Waals surface area contributed by atoms with Crippen LogP contribution in [0, 0.1) is 0 Å². The standard InChI is InChI=1S/C10H16N2O.2ClH/c1-12(2)7-8-13-10-6-4-3-5-9(10)11;;/h3-6H,7-8,11H2,1-2H3;2*1H. The van der Waals surface area contributed by atoms with E-state index in [-0.39, 0.29) is 24.8 Å². The molecule has 0 unspecified atom stereocenters. The molecule has 0 aliphatic heterocycles. The lowest BCUT2D eigenvalue weighted by molar-refractivity contribution is 0.262. The molecule has 0 heterocycles. The number of hydrogen-bond donors (Lipinski definition) is 1. The molecule has 0 amide bonds. The Balaban J connectivity index is 0. The fourth-order valence-electron chi connectivity index (χ4n) is 0.950. The quantitative estimate of drug-likeness (QED) is 0.834. The minimum atomic E-state index is 0. The summed E-state index contributed by atoms with van der Waals surface area (Å²) in [5, 5.41) is 0. The lowest BCUT2D eigenvalue weighted by atomic mass is 10.3. The van der Waals surface area contributed by atoms with Crippen LogP contribution < -0.4 is 10.5 Å². The van der Waals surface area contributed by atoms with Gasteiger partial charge in [-0.3, -0.25) is 0 Å². The smallest absolute Gasteiger partial charge is 0.142 e. The van der Waals surface area contributed by atoms with Gasteiger partial charge in [0, 0.05) is 6.54 Å². The van der Waals surface area contributed by atoms with Crippen molar-refractivity contribution in [2.24, 2.45) is 0 Å². The van der Waals surface area contributed by atoms with Crippen molar-refractivity contribution in [1.82, 2.24) is 4.90 Å². The Kier molecular flexibility index (Phi) is 9.68. The number of nitrogens with zero attached hydrogens (tertiary/aromatic N) is 1. The molecule has 1 aromatic rings. The van der Waals surface area contributed by atoms with Crippen LogP contribution >= 0.6 is 24.8 Å². The molecule has 15 heavy (non-hydrogen) atoms. The number of hydrogen-bond acceptors (Lipinski definition) is 3. The molecular formula is C10H18Cl2N2O. The van der Waals surface area contributed by atoms with Crippen LogP contribution in [-0.2, 0) is 0 Å². The monoisotopic (exact) mass is 252 g/mol. The van der Waals surface area contributed by atoms with Gasteiger partial charge in [0.05, 0.1) is 5.69 Å². The highest BCUT2D eigenvalue weighted by molar-refractivity contribution is 5.85. The van der Waals surface area contributed by atoms with Crippen molar-refractivity contribution >= 4 is 30.5 Å². The topological polar surface area (TPSA) is 38.5 Å². The first-order valence-electron chi connectivity index (χ1n) is 4.32. The van der Waals surface area contributed by atoms with E-state index in [4.69, 9.17) is 10.5 Å². The molecule has 0 bridgehead atoms. The molecule has 1 rings (SSSR count).